The molecule has 1 heterocycles. The molecule has 6 heteroatoms. The Balaban J connectivity index is 1.57. The molecule has 1 saturated heterocycles. The van der Waals surface area contributed by atoms with Crippen molar-refractivity contribution in [2.45, 2.75) is 38.3 Å². The molecule has 0 spiro atoms. The lowest BCUT2D eigenvalue weighted by atomic mass is 10.1. The van der Waals surface area contributed by atoms with E-state index in [0.29, 0.717) is 31.0 Å². The molecule has 5 nitrogen and oxygen atoms in total. The van der Waals surface area contributed by atoms with E-state index in [1.807, 2.05) is 73.3 Å². The van der Waals surface area contributed by atoms with Gasteiger partial charge in [-0.2, -0.15) is 0 Å². The highest BCUT2D eigenvalue weighted by atomic mass is 32.2. The van der Waals surface area contributed by atoms with Gasteiger partial charge in [-0.3, -0.25) is 9.59 Å². The van der Waals surface area contributed by atoms with Crippen LogP contribution in [0.25, 0.3) is 0 Å². The van der Waals surface area contributed by atoms with Crippen molar-refractivity contribution < 1.29 is 14.3 Å². The summed E-state index contributed by atoms with van der Waals surface area (Å²) in [4.78, 5) is 26.6. The van der Waals surface area contributed by atoms with Crippen molar-refractivity contribution in [1.82, 2.24) is 10.2 Å². The third-order valence-electron chi connectivity index (χ3n) is 4.68. The molecular formula is C23H28N2O3S. The van der Waals surface area contributed by atoms with Crippen LogP contribution in [0.2, 0.25) is 0 Å². The fourth-order valence-electron chi connectivity index (χ4n) is 3.18. The van der Waals surface area contributed by atoms with Crippen molar-refractivity contribution in [3.8, 4) is 0 Å². The predicted molar refractivity (Wildman–Crippen MR) is 117 cm³/mol. The predicted octanol–water partition coefficient (Wildman–Crippen LogP) is 4.01. The van der Waals surface area contributed by atoms with Gasteiger partial charge in [0.15, 0.2) is 0 Å². The quantitative estimate of drug-likeness (QED) is 0.633. The summed E-state index contributed by atoms with van der Waals surface area (Å²) in [6.07, 6.45) is 0.997. The van der Waals surface area contributed by atoms with Gasteiger partial charge >= 0.3 is 0 Å². The van der Waals surface area contributed by atoms with Crippen LogP contribution in [0.1, 0.15) is 47.1 Å². The van der Waals surface area contributed by atoms with Gasteiger partial charge in [0.05, 0.1) is 11.9 Å². The van der Waals surface area contributed by atoms with Crippen LogP contribution in [-0.4, -0.2) is 41.7 Å². The van der Waals surface area contributed by atoms with Gasteiger partial charge < -0.3 is 15.0 Å². The van der Waals surface area contributed by atoms with Crippen molar-refractivity contribution in [2.75, 3.05) is 18.9 Å². The van der Waals surface area contributed by atoms with Gasteiger partial charge in [-0.25, -0.2) is 0 Å². The highest BCUT2D eigenvalue weighted by Gasteiger charge is 2.32. The molecule has 0 unspecified atom stereocenters. The van der Waals surface area contributed by atoms with E-state index in [1.54, 1.807) is 11.8 Å². The maximum Gasteiger partial charge on any atom is 0.251 e. The van der Waals surface area contributed by atoms with Crippen molar-refractivity contribution in [3.05, 3.63) is 71.3 Å². The molecule has 1 N–H and O–H groups in total. The fraction of sp³-hybridized carbons (Fsp3) is 0.391. The normalized spacial score (nSPS) is 16.4. The largest absolute Gasteiger partial charge is 0.379 e. The first-order valence-corrected chi connectivity index (χ1v) is 11.0. The zero-order valence-electron chi connectivity index (χ0n) is 17.0. The highest BCUT2D eigenvalue weighted by molar-refractivity contribution is 8.00. The van der Waals surface area contributed by atoms with Crippen LogP contribution < -0.4 is 5.32 Å². The summed E-state index contributed by atoms with van der Waals surface area (Å²) >= 11 is 1.63. The van der Waals surface area contributed by atoms with Gasteiger partial charge in [0.2, 0.25) is 5.91 Å². The zero-order valence-corrected chi connectivity index (χ0v) is 17.8. The van der Waals surface area contributed by atoms with Crippen LogP contribution in [-0.2, 0) is 16.1 Å². The van der Waals surface area contributed by atoms with Crippen LogP contribution in [0.3, 0.4) is 0 Å². The molecule has 1 atom stereocenters. The molecule has 1 aliphatic rings. The number of hydrogen-bond acceptors (Lipinski definition) is 4. The highest BCUT2D eigenvalue weighted by Crippen LogP contribution is 2.39. The number of rotatable bonds is 9. The van der Waals surface area contributed by atoms with Crippen LogP contribution in [0.15, 0.2) is 54.6 Å². The molecule has 0 aromatic heterocycles. The van der Waals surface area contributed by atoms with E-state index in [4.69, 9.17) is 4.74 Å². The lowest BCUT2D eigenvalue weighted by Gasteiger charge is -2.24. The molecule has 2 amide bonds. The van der Waals surface area contributed by atoms with Crippen molar-refractivity contribution in [3.63, 3.8) is 0 Å². The second-order valence-electron chi connectivity index (χ2n) is 7.32. The average molecular weight is 413 g/mol. The number of benzene rings is 2. The number of ether oxygens (including phenoxy) is 1. The van der Waals surface area contributed by atoms with Crippen LogP contribution >= 0.6 is 11.8 Å². The third kappa shape index (κ3) is 6.08. The van der Waals surface area contributed by atoms with Gasteiger partial charge in [0.1, 0.15) is 5.37 Å². The minimum atomic E-state index is -0.0857. The SMILES string of the molecule is CC(C)OCCCNC(=O)c1ccc([C@H]2SCC(=O)N2Cc2ccccc2)cc1. The Hall–Kier alpha value is -2.31. The lowest BCUT2D eigenvalue weighted by Crippen LogP contribution is -2.28. The summed E-state index contributed by atoms with van der Waals surface area (Å²) in [6, 6.07) is 17.6. The second kappa shape index (κ2) is 10.5. The number of thioether (sulfide) groups is 1. The van der Waals surface area contributed by atoms with E-state index in [-0.39, 0.29) is 23.3 Å². The summed E-state index contributed by atoms with van der Waals surface area (Å²) in [5, 5.41) is 2.90. The van der Waals surface area contributed by atoms with Crippen LogP contribution in [0, 0.1) is 0 Å². The molecule has 2 aromatic rings. The second-order valence-corrected chi connectivity index (χ2v) is 8.39. The molecule has 154 valence electrons. The molecule has 3 rings (SSSR count). The zero-order chi connectivity index (χ0) is 20.6. The summed E-state index contributed by atoms with van der Waals surface area (Å²) in [7, 11) is 0. The van der Waals surface area contributed by atoms with E-state index in [0.717, 1.165) is 17.5 Å². The van der Waals surface area contributed by atoms with Gasteiger partial charge in [0.25, 0.3) is 5.91 Å². The summed E-state index contributed by atoms with van der Waals surface area (Å²) in [5.41, 5.74) is 2.78. The third-order valence-corrected chi connectivity index (χ3v) is 5.94. The lowest BCUT2D eigenvalue weighted by molar-refractivity contribution is -0.128. The number of nitrogens with zero attached hydrogens (tertiary/aromatic N) is 1. The van der Waals surface area contributed by atoms with Crippen molar-refractivity contribution >= 4 is 23.6 Å². The van der Waals surface area contributed by atoms with Gasteiger partial charge in [-0.15, -0.1) is 11.8 Å². The first kappa shape index (κ1) is 21.4. The minimum Gasteiger partial charge on any atom is -0.379 e. The summed E-state index contributed by atoms with van der Waals surface area (Å²) < 4.78 is 5.48. The molecule has 0 aliphatic carbocycles. The van der Waals surface area contributed by atoms with E-state index >= 15 is 0 Å². The van der Waals surface area contributed by atoms with E-state index in [9.17, 15) is 9.59 Å². The topological polar surface area (TPSA) is 58.6 Å². The van der Waals surface area contributed by atoms with Gasteiger partial charge in [-0.1, -0.05) is 42.5 Å². The summed E-state index contributed by atoms with van der Waals surface area (Å²) in [6.45, 7) is 5.82. The first-order chi connectivity index (χ1) is 14.0. The van der Waals surface area contributed by atoms with Crippen LogP contribution in [0.5, 0.6) is 0 Å². The number of carbonyl (C=O) groups excluding carboxylic acids is 2. The Bertz CT molecular complexity index is 809. The maximum absolute atomic E-state index is 12.4. The van der Waals surface area contributed by atoms with Crippen LogP contribution in [0.4, 0.5) is 0 Å². The number of nitrogens with one attached hydrogen (secondary N) is 1. The Morgan fingerprint density at radius 2 is 1.90 bits per heavy atom. The molecular weight excluding hydrogens is 384 g/mol. The monoisotopic (exact) mass is 412 g/mol. The van der Waals surface area contributed by atoms with E-state index in [1.165, 1.54) is 0 Å². The molecule has 1 aliphatic heterocycles. The molecule has 2 aromatic carbocycles. The number of amides is 2. The van der Waals surface area contributed by atoms with Gasteiger partial charge in [-0.05, 0) is 43.5 Å². The van der Waals surface area contributed by atoms with Gasteiger partial charge in [0, 0.05) is 25.3 Å². The number of hydrogen-bond donors (Lipinski definition) is 1. The first-order valence-electron chi connectivity index (χ1n) is 9.99. The Morgan fingerprint density at radius 1 is 1.17 bits per heavy atom. The molecule has 0 saturated carbocycles. The minimum absolute atomic E-state index is 0.0204. The molecule has 1 fully saturated rings. The van der Waals surface area contributed by atoms with Crippen molar-refractivity contribution in [2.24, 2.45) is 0 Å². The summed E-state index contributed by atoms with van der Waals surface area (Å²) in [5.74, 6) is 0.546. The Labute approximate surface area is 176 Å². The maximum atomic E-state index is 12.4. The smallest absolute Gasteiger partial charge is 0.251 e. The fourth-order valence-corrected chi connectivity index (χ4v) is 4.36. The average Bonchev–Trinajstić information content (AvgIpc) is 3.08. The molecule has 0 bridgehead atoms. The van der Waals surface area contributed by atoms with Crippen molar-refractivity contribution in [1.29, 1.82) is 0 Å². The number of carbonyl (C=O) groups is 2. The van der Waals surface area contributed by atoms with E-state index in [2.05, 4.69) is 5.32 Å². The molecule has 29 heavy (non-hydrogen) atoms. The Morgan fingerprint density at radius 3 is 2.59 bits per heavy atom. The van der Waals surface area contributed by atoms with E-state index < -0.39 is 0 Å². The molecule has 0 radical (unpaired) electrons. The Kier molecular flexibility index (Phi) is 7.72. The standard InChI is InChI=1S/C23H28N2O3S/c1-17(2)28-14-6-13-24-22(27)19-9-11-20(12-10-19)23-25(21(26)16-29-23)15-18-7-4-3-5-8-18/h3-5,7-12,17,23H,6,13-16H2,1-2H3,(H,24,27)/t23-/m1/s1.